The van der Waals surface area contributed by atoms with Crippen molar-refractivity contribution in [3.63, 3.8) is 0 Å². The number of nitrogens with zero attached hydrogens (tertiary/aromatic N) is 3. The summed E-state index contributed by atoms with van der Waals surface area (Å²) in [4.78, 5) is 26.5. The molecular weight excluding hydrogens is 284 g/mol. The summed E-state index contributed by atoms with van der Waals surface area (Å²) in [5.41, 5.74) is 5.24. The molecule has 0 unspecified atom stereocenters. The summed E-state index contributed by atoms with van der Waals surface area (Å²) in [6, 6.07) is 3.00. The summed E-state index contributed by atoms with van der Waals surface area (Å²) in [7, 11) is 1.78. The van der Waals surface area contributed by atoms with Crippen molar-refractivity contribution >= 4 is 35.2 Å². The molecule has 0 aliphatic carbocycles. The predicted octanol–water partition coefficient (Wildman–Crippen LogP) is 1.06. The van der Waals surface area contributed by atoms with Gasteiger partial charge in [0, 0.05) is 19.2 Å². The van der Waals surface area contributed by atoms with Crippen LogP contribution in [0.15, 0.2) is 32.3 Å². The Labute approximate surface area is 117 Å². The largest absolute Gasteiger partial charge is 0.383 e. The molecule has 0 atom stereocenters. The fraction of sp³-hybridized carbons (Fsp3) is 0.200. The van der Waals surface area contributed by atoms with Gasteiger partial charge in [-0.1, -0.05) is 11.8 Å². The van der Waals surface area contributed by atoms with Crippen molar-refractivity contribution in [2.75, 3.05) is 24.4 Å². The second-order valence-corrected chi connectivity index (χ2v) is 5.19. The highest BCUT2D eigenvalue weighted by molar-refractivity contribution is 7.99. The van der Waals surface area contributed by atoms with Gasteiger partial charge in [-0.25, -0.2) is 15.0 Å². The first-order chi connectivity index (χ1) is 9.10. The van der Waals surface area contributed by atoms with Gasteiger partial charge >= 0.3 is 0 Å². The number of aromatic nitrogens is 4. The third-order valence-electron chi connectivity index (χ3n) is 2.06. The van der Waals surface area contributed by atoms with Gasteiger partial charge in [0.05, 0.1) is 0 Å². The van der Waals surface area contributed by atoms with E-state index in [1.54, 1.807) is 13.1 Å². The Morgan fingerprint density at radius 1 is 1.32 bits per heavy atom. The van der Waals surface area contributed by atoms with E-state index in [-0.39, 0.29) is 11.4 Å². The van der Waals surface area contributed by atoms with Crippen LogP contribution in [0.1, 0.15) is 0 Å². The molecule has 0 saturated heterocycles. The fourth-order valence-electron chi connectivity index (χ4n) is 1.28. The van der Waals surface area contributed by atoms with Gasteiger partial charge in [0.2, 0.25) is 0 Å². The molecule has 2 heterocycles. The van der Waals surface area contributed by atoms with Gasteiger partial charge in [-0.3, -0.25) is 4.79 Å². The monoisotopic (exact) mass is 296 g/mol. The molecule has 7 nitrogen and oxygen atoms in total. The number of nitrogens with one attached hydrogen (secondary N) is 2. The van der Waals surface area contributed by atoms with Gasteiger partial charge in [0.15, 0.2) is 10.3 Å². The molecule has 19 heavy (non-hydrogen) atoms. The Balaban J connectivity index is 2.34. The zero-order chi connectivity index (χ0) is 13.8. The molecule has 100 valence electrons. The maximum Gasteiger partial charge on any atom is 0.253 e. The quantitative estimate of drug-likeness (QED) is 0.436. The van der Waals surface area contributed by atoms with E-state index in [4.69, 9.17) is 5.73 Å². The van der Waals surface area contributed by atoms with Crippen molar-refractivity contribution in [3.8, 4) is 0 Å². The third kappa shape index (κ3) is 3.61. The number of nitrogen functional groups attached to an aromatic ring is 1. The summed E-state index contributed by atoms with van der Waals surface area (Å²) in [5.74, 6) is 0.882. The first-order valence-electron chi connectivity index (χ1n) is 5.26. The molecule has 0 fully saturated rings. The molecule has 0 aromatic carbocycles. The molecule has 0 radical (unpaired) electrons. The number of nitrogens with two attached hydrogens (primary N) is 1. The summed E-state index contributed by atoms with van der Waals surface area (Å²) in [6.45, 7) is 0. The SMILES string of the molecule is CNc1cc(Sc2nc(N)cc(=O)[nH]2)nc(SC)n1. The highest BCUT2D eigenvalue weighted by Gasteiger charge is 2.07. The van der Waals surface area contributed by atoms with Gasteiger partial charge in [-0.15, -0.1) is 0 Å². The second-order valence-electron chi connectivity index (χ2n) is 3.41. The van der Waals surface area contributed by atoms with E-state index in [9.17, 15) is 4.79 Å². The van der Waals surface area contributed by atoms with Crippen molar-refractivity contribution < 1.29 is 0 Å². The molecule has 0 saturated carbocycles. The topological polar surface area (TPSA) is 110 Å². The smallest absolute Gasteiger partial charge is 0.253 e. The van der Waals surface area contributed by atoms with E-state index in [0.717, 1.165) is 0 Å². The normalized spacial score (nSPS) is 10.4. The van der Waals surface area contributed by atoms with Crippen LogP contribution >= 0.6 is 23.5 Å². The number of hydrogen-bond donors (Lipinski definition) is 3. The Hall–Kier alpha value is -1.74. The van der Waals surface area contributed by atoms with Crippen molar-refractivity contribution in [1.82, 2.24) is 19.9 Å². The van der Waals surface area contributed by atoms with Gasteiger partial charge in [0.1, 0.15) is 16.7 Å². The average molecular weight is 296 g/mol. The maximum atomic E-state index is 11.3. The lowest BCUT2D eigenvalue weighted by Gasteiger charge is -2.05. The zero-order valence-electron chi connectivity index (χ0n) is 10.3. The Morgan fingerprint density at radius 3 is 2.74 bits per heavy atom. The number of hydrogen-bond acceptors (Lipinski definition) is 8. The average Bonchev–Trinajstić information content (AvgIpc) is 2.37. The van der Waals surface area contributed by atoms with Crippen LogP contribution in [0.5, 0.6) is 0 Å². The molecular formula is C10H12N6OS2. The van der Waals surface area contributed by atoms with E-state index in [2.05, 4.69) is 25.3 Å². The highest BCUT2D eigenvalue weighted by atomic mass is 32.2. The molecule has 2 aromatic rings. The first-order valence-corrected chi connectivity index (χ1v) is 7.30. The standard InChI is InChI=1S/C10H12N6OS2/c1-12-6-4-8(16-9(14-6)18-2)19-10-13-5(11)3-7(17)15-10/h3-4H,1-2H3,(H,12,14,16)(H3,11,13,15,17). The Morgan fingerprint density at radius 2 is 2.11 bits per heavy atom. The van der Waals surface area contributed by atoms with Crippen LogP contribution < -0.4 is 16.6 Å². The summed E-state index contributed by atoms with van der Waals surface area (Å²) in [5, 5.41) is 4.67. The summed E-state index contributed by atoms with van der Waals surface area (Å²) in [6.07, 6.45) is 1.89. The number of aromatic amines is 1. The van der Waals surface area contributed by atoms with Gasteiger partial charge in [-0.05, 0) is 18.0 Å². The van der Waals surface area contributed by atoms with E-state index in [1.807, 2.05) is 6.26 Å². The molecule has 0 amide bonds. The van der Waals surface area contributed by atoms with Crippen LogP contribution in [0, 0.1) is 0 Å². The van der Waals surface area contributed by atoms with Crippen molar-refractivity contribution in [3.05, 3.63) is 22.5 Å². The number of thioether (sulfide) groups is 1. The van der Waals surface area contributed by atoms with E-state index < -0.39 is 0 Å². The third-order valence-corrected chi connectivity index (χ3v) is 3.41. The van der Waals surface area contributed by atoms with Crippen LogP contribution in [0.3, 0.4) is 0 Å². The summed E-state index contributed by atoms with van der Waals surface area (Å²) >= 11 is 2.66. The molecule has 0 spiro atoms. The molecule has 2 rings (SSSR count). The molecule has 0 aliphatic rings. The summed E-state index contributed by atoms with van der Waals surface area (Å²) < 4.78 is 0. The predicted molar refractivity (Wildman–Crippen MR) is 76.8 cm³/mol. The van der Waals surface area contributed by atoms with Crippen molar-refractivity contribution in [2.45, 2.75) is 15.3 Å². The van der Waals surface area contributed by atoms with Crippen molar-refractivity contribution in [2.24, 2.45) is 0 Å². The number of rotatable bonds is 4. The lowest BCUT2D eigenvalue weighted by Crippen LogP contribution is -2.09. The Bertz CT molecular complexity index is 622. The molecule has 0 aliphatic heterocycles. The minimum atomic E-state index is -0.289. The number of H-pyrrole nitrogens is 1. The Kier molecular flexibility index (Phi) is 4.27. The van der Waals surface area contributed by atoms with E-state index in [0.29, 0.717) is 21.2 Å². The molecule has 2 aromatic heterocycles. The van der Waals surface area contributed by atoms with Gasteiger partial charge in [-0.2, -0.15) is 0 Å². The molecule has 4 N–H and O–H groups in total. The van der Waals surface area contributed by atoms with Crippen LogP contribution in [0.25, 0.3) is 0 Å². The van der Waals surface area contributed by atoms with Crippen molar-refractivity contribution in [1.29, 1.82) is 0 Å². The molecule has 0 bridgehead atoms. The fourth-order valence-corrected chi connectivity index (χ4v) is 2.52. The number of anilines is 2. The highest BCUT2D eigenvalue weighted by Crippen LogP contribution is 2.26. The van der Waals surface area contributed by atoms with Crippen LogP contribution in [-0.4, -0.2) is 33.2 Å². The molecule has 9 heteroatoms. The first kappa shape index (κ1) is 13.7. The maximum absolute atomic E-state index is 11.3. The van der Waals surface area contributed by atoms with Crippen LogP contribution in [0.4, 0.5) is 11.6 Å². The zero-order valence-corrected chi connectivity index (χ0v) is 11.9. The minimum absolute atomic E-state index is 0.180. The second kappa shape index (κ2) is 5.93. The van der Waals surface area contributed by atoms with Gasteiger partial charge < -0.3 is 16.0 Å². The van der Waals surface area contributed by atoms with Crippen LogP contribution in [0.2, 0.25) is 0 Å². The lowest BCUT2D eigenvalue weighted by molar-refractivity contribution is 0.885. The van der Waals surface area contributed by atoms with E-state index >= 15 is 0 Å². The lowest BCUT2D eigenvalue weighted by atomic mass is 10.6. The van der Waals surface area contributed by atoms with E-state index in [1.165, 1.54) is 29.6 Å². The van der Waals surface area contributed by atoms with Crippen LogP contribution in [-0.2, 0) is 0 Å². The minimum Gasteiger partial charge on any atom is -0.383 e. The van der Waals surface area contributed by atoms with Gasteiger partial charge in [0.25, 0.3) is 5.56 Å².